The molecule has 1 rings (SSSR count). The molecule has 1 heterocycles. The molecule has 0 spiro atoms. The van der Waals surface area contributed by atoms with Gasteiger partial charge in [0.25, 0.3) is 0 Å². The Labute approximate surface area is 60.4 Å². The highest BCUT2D eigenvalue weighted by Crippen LogP contribution is 2.09. The van der Waals surface area contributed by atoms with E-state index in [1.165, 1.54) is 0 Å². The summed E-state index contributed by atoms with van der Waals surface area (Å²) in [6, 6.07) is 0.0185. The molecular formula is C5H11NO3S. The normalized spacial score (nSPS) is 24.1. The van der Waals surface area contributed by atoms with Gasteiger partial charge in [0, 0.05) is 0 Å². The van der Waals surface area contributed by atoms with Gasteiger partial charge in [-0.25, -0.2) is 8.42 Å². The van der Waals surface area contributed by atoms with Crippen molar-refractivity contribution in [2.75, 3.05) is 18.1 Å². The Morgan fingerprint density at radius 1 is 1.60 bits per heavy atom. The zero-order valence-corrected chi connectivity index (χ0v) is 6.65. The molecule has 1 fully saturated rings. The molecule has 0 amide bonds. The van der Waals surface area contributed by atoms with Crippen LogP contribution in [0.3, 0.4) is 0 Å². The van der Waals surface area contributed by atoms with E-state index in [1.54, 1.807) is 0 Å². The minimum absolute atomic E-state index is 0.0185. The third-order valence-corrected chi connectivity index (χ3v) is 3.13. The maximum absolute atomic E-state index is 10.6. The molecule has 1 aliphatic rings. The standard InChI is InChI=1S/C5H11NO3S/c1-2-9-6-5-3-10(7,8)4-5/h5-6H,2-4H2,1H3. The fraction of sp³-hybridized carbons (Fsp3) is 1.00. The summed E-state index contributed by atoms with van der Waals surface area (Å²) in [6.45, 7) is 2.41. The maximum atomic E-state index is 10.6. The predicted molar refractivity (Wildman–Crippen MR) is 37.2 cm³/mol. The molecule has 0 saturated carbocycles. The van der Waals surface area contributed by atoms with Crippen LogP contribution in [-0.2, 0) is 14.7 Å². The van der Waals surface area contributed by atoms with E-state index in [1.807, 2.05) is 6.92 Å². The molecule has 5 heteroatoms. The zero-order chi connectivity index (χ0) is 7.61. The minimum atomic E-state index is -2.70. The Morgan fingerprint density at radius 3 is 2.60 bits per heavy atom. The SMILES string of the molecule is CCONC1CS(=O)(=O)C1. The van der Waals surface area contributed by atoms with Crippen LogP contribution >= 0.6 is 0 Å². The zero-order valence-electron chi connectivity index (χ0n) is 5.83. The van der Waals surface area contributed by atoms with Gasteiger partial charge in [-0.05, 0) is 6.92 Å². The highest BCUT2D eigenvalue weighted by atomic mass is 32.2. The average Bonchev–Trinajstić information content (AvgIpc) is 1.78. The molecule has 0 unspecified atom stereocenters. The fourth-order valence-electron chi connectivity index (χ4n) is 0.833. The van der Waals surface area contributed by atoms with Gasteiger partial charge < -0.3 is 4.84 Å². The molecule has 10 heavy (non-hydrogen) atoms. The van der Waals surface area contributed by atoms with Gasteiger partial charge >= 0.3 is 0 Å². The second-order valence-electron chi connectivity index (χ2n) is 2.32. The lowest BCUT2D eigenvalue weighted by atomic mass is 10.4. The predicted octanol–water partition coefficient (Wildman–Crippen LogP) is -0.675. The minimum Gasteiger partial charge on any atom is -0.302 e. The summed E-state index contributed by atoms with van der Waals surface area (Å²) in [7, 11) is -2.70. The van der Waals surface area contributed by atoms with Crippen molar-refractivity contribution in [2.24, 2.45) is 0 Å². The second-order valence-corrected chi connectivity index (χ2v) is 4.48. The molecule has 1 aliphatic heterocycles. The van der Waals surface area contributed by atoms with Crippen molar-refractivity contribution >= 4 is 9.84 Å². The van der Waals surface area contributed by atoms with E-state index in [0.717, 1.165) is 0 Å². The van der Waals surface area contributed by atoms with Crippen LogP contribution < -0.4 is 5.48 Å². The Bertz CT molecular complexity index is 187. The first kappa shape index (κ1) is 7.97. The fourth-order valence-corrected chi connectivity index (χ4v) is 2.10. The highest BCUT2D eigenvalue weighted by molar-refractivity contribution is 7.92. The monoisotopic (exact) mass is 165 g/mol. The molecule has 1 N–H and O–H groups in total. The lowest BCUT2D eigenvalue weighted by Gasteiger charge is -2.25. The van der Waals surface area contributed by atoms with Gasteiger partial charge in [-0.2, -0.15) is 5.48 Å². The Balaban J connectivity index is 2.15. The van der Waals surface area contributed by atoms with Crippen molar-refractivity contribution in [1.82, 2.24) is 5.48 Å². The molecule has 0 aliphatic carbocycles. The number of nitrogens with one attached hydrogen (secondary N) is 1. The van der Waals surface area contributed by atoms with E-state index in [-0.39, 0.29) is 17.5 Å². The third-order valence-electron chi connectivity index (χ3n) is 1.30. The molecule has 0 aromatic carbocycles. The molecule has 0 bridgehead atoms. The second kappa shape index (κ2) is 2.86. The van der Waals surface area contributed by atoms with Crippen molar-refractivity contribution in [3.8, 4) is 0 Å². The molecule has 0 aromatic heterocycles. The van der Waals surface area contributed by atoms with E-state index in [0.29, 0.717) is 6.61 Å². The van der Waals surface area contributed by atoms with Gasteiger partial charge in [-0.1, -0.05) is 0 Å². The van der Waals surface area contributed by atoms with Crippen molar-refractivity contribution < 1.29 is 13.3 Å². The van der Waals surface area contributed by atoms with Crippen LogP contribution in [0.25, 0.3) is 0 Å². The molecule has 1 saturated heterocycles. The van der Waals surface area contributed by atoms with Crippen LogP contribution in [-0.4, -0.2) is 32.6 Å². The van der Waals surface area contributed by atoms with Crippen molar-refractivity contribution in [3.63, 3.8) is 0 Å². The lowest BCUT2D eigenvalue weighted by Crippen LogP contribution is -2.50. The Hall–Kier alpha value is -0.130. The maximum Gasteiger partial charge on any atom is 0.153 e. The first-order chi connectivity index (χ1) is 4.64. The van der Waals surface area contributed by atoms with Gasteiger partial charge in [-0.3, -0.25) is 0 Å². The van der Waals surface area contributed by atoms with Crippen LogP contribution in [0.15, 0.2) is 0 Å². The summed E-state index contributed by atoms with van der Waals surface area (Å²) in [6.07, 6.45) is 0. The Morgan fingerprint density at radius 2 is 2.20 bits per heavy atom. The van der Waals surface area contributed by atoms with Gasteiger partial charge in [0.15, 0.2) is 9.84 Å². The van der Waals surface area contributed by atoms with Crippen LogP contribution in [0.1, 0.15) is 6.92 Å². The van der Waals surface area contributed by atoms with E-state index < -0.39 is 9.84 Å². The van der Waals surface area contributed by atoms with Crippen molar-refractivity contribution in [2.45, 2.75) is 13.0 Å². The molecular weight excluding hydrogens is 154 g/mol. The summed E-state index contributed by atoms with van der Waals surface area (Å²) in [4.78, 5) is 4.82. The lowest BCUT2D eigenvalue weighted by molar-refractivity contribution is 0.0314. The summed E-state index contributed by atoms with van der Waals surface area (Å²) < 4.78 is 21.1. The van der Waals surface area contributed by atoms with E-state index in [2.05, 4.69) is 5.48 Å². The van der Waals surface area contributed by atoms with Crippen molar-refractivity contribution in [1.29, 1.82) is 0 Å². The number of rotatable bonds is 3. The van der Waals surface area contributed by atoms with E-state index in [4.69, 9.17) is 4.84 Å². The quantitative estimate of drug-likeness (QED) is 0.563. The van der Waals surface area contributed by atoms with Gasteiger partial charge in [0.1, 0.15) is 0 Å². The van der Waals surface area contributed by atoms with Gasteiger partial charge in [0.05, 0.1) is 24.2 Å². The summed E-state index contributed by atoms with van der Waals surface area (Å²) in [5.41, 5.74) is 2.65. The molecule has 0 atom stereocenters. The van der Waals surface area contributed by atoms with E-state index >= 15 is 0 Å². The van der Waals surface area contributed by atoms with Gasteiger partial charge in [-0.15, -0.1) is 0 Å². The Kier molecular flexibility index (Phi) is 2.28. The van der Waals surface area contributed by atoms with Crippen LogP contribution in [0, 0.1) is 0 Å². The van der Waals surface area contributed by atoms with Crippen LogP contribution in [0.2, 0.25) is 0 Å². The smallest absolute Gasteiger partial charge is 0.153 e. The van der Waals surface area contributed by atoms with Crippen LogP contribution in [0.5, 0.6) is 0 Å². The number of hydrogen-bond acceptors (Lipinski definition) is 4. The van der Waals surface area contributed by atoms with Gasteiger partial charge in [0.2, 0.25) is 0 Å². The number of sulfone groups is 1. The molecule has 0 aromatic rings. The first-order valence-corrected chi connectivity index (χ1v) is 5.04. The summed E-state index contributed by atoms with van der Waals surface area (Å²) in [5, 5.41) is 0. The average molecular weight is 165 g/mol. The van der Waals surface area contributed by atoms with Crippen molar-refractivity contribution in [3.05, 3.63) is 0 Å². The van der Waals surface area contributed by atoms with Crippen LogP contribution in [0.4, 0.5) is 0 Å². The summed E-state index contributed by atoms with van der Waals surface area (Å²) >= 11 is 0. The third kappa shape index (κ3) is 1.93. The molecule has 0 radical (unpaired) electrons. The first-order valence-electron chi connectivity index (χ1n) is 3.22. The molecule has 4 nitrogen and oxygen atoms in total. The highest BCUT2D eigenvalue weighted by Gasteiger charge is 2.33. The summed E-state index contributed by atoms with van der Waals surface area (Å²) in [5.74, 6) is 0.431. The number of hydroxylamine groups is 1. The van der Waals surface area contributed by atoms with E-state index in [9.17, 15) is 8.42 Å². The number of hydrogen-bond donors (Lipinski definition) is 1. The largest absolute Gasteiger partial charge is 0.302 e. The molecule has 60 valence electrons. The topological polar surface area (TPSA) is 55.4 Å².